The Labute approximate surface area is 74.8 Å². The van der Waals surface area contributed by atoms with E-state index in [4.69, 9.17) is 0 Å². The van der Waals surface area contributed by atoms with Gasteiger partial charge in [0, 0.05) is 5.56 Å². The van der Waals surface area contributed by atoms with Crippen molar-refractivity contribution >= 4 is 13.3 Å². The van der Waals surface area contributed by atoms with E-state index in [0.717, 1.165) is 5.56 Å². The molecule has 0 aliphatic carbocycles. The number of Topliss-reactive ketones (excluding diaryl/α,β-unsaturated/α-hetero) is 1. The molecule has 0 fully saturated rings. The van der Waals surface area contributed by atoms with Crippen LogP contribution in [-0.4, -0.2) is 13.3 Å². The van der Waals surface area contributed by atoms with E-state index in [0.29, 0.717) is 0 Å². The summed E-state index contributed by atoms with van der Waals surface area (Å²) in [4.78, 5) is 10.6. The summed E-state index contributed by atoms with van der Waals surface area (Å²) in [5.74, 6) is 0.121. The van der Waals surface area contributed by atoms with E-state index < -0.39 is 7.54 Å². The van der Waals surface area contributed by atoms with Gasteiger partial charge in [-0.3, -0.25) is 17.7 Å². The third-order valence-corrected chi connectivity index (χ3v) is 1.18. The highest BCUT2D eigenvalue weighted by molar-refractivity contribution is 6.33. The molecule has 13 heavy (non-hydrogen) atoms. The van der Waals surface area contributed by atoms with Crippen LogP contribution in [0.5, 0.6) is 0 Å². The average Bonchev–Trinajstić information content (AvgIpc) is 2.05. The molecule has 0 aliphatic heterocycles. The second-order valence-electron chi connectivity index (χ2n) is 2.17. The summed E-state index contributed by atoms with van der Waals surface area (Å²) in [6, 6.07) is 9.23. The summed E-state index contributed by atoms with van der Waals surface area (Å²) in [5.41, 5.74) is 0.775. The van der Waals surface area contributed by atoms with Crippen molar-refractivity contribution < 1.29 is 17.7 Å². The van der Waals surface area contributed by atoms with Crippen LogP contribution < -0.4 is 0 Å². The minimum atomic E-state index is -3.67. The van der Waals surface area contributed by atoms with Gasteiger partial charge >= 0.3 is 7.54 Å². The number of hydrogen-bond acceptors (Lipinski definition) is 1. The lowest BCUT2D eigenvalue weighted by molar-refractivity contribution is 0.101. The van der Waals surface area contributed by atoms with Gasteiger partial charge in [0.2, 0.25) is 0 Å². The summed E-state index contributed by atoms with van der Waals surface area (Å²) < 4.78 is 29.0. The van der Waals surface area contributed by atoms with Crippen molar-refractivity contribution in [3.63, 3.8) is 0 Å². The lowest BCUT2D eigenvalue weighted by Crippen LogP contribution is -1.88. The first-order valence-electron chi connectivity index (χ1n) is 3.52. The van der Waals surface area contributed by atoms with Crippen molar-refractivity contribution in [3.05, 3.63) is 35.9 Å². The van der Waals surface area contributed by atoms with Crippen LogP contribution in [-0.2, 0) is 0 Å². The number of halogens is 3. The zero-order chi connectivity index (χ0) is 10.3. The van der Waals surface area contributed by atoms with Crippen LogP contribution in [0.2, 0.25) is 0 Å². The van der Waals surface area contributed by atoms with Gasteiger partial charge in [0.1, 0.15) is 0 Å². The van der Waals surface area contributed by atoms with E-state index in [2.05, 4.69) is 0 Å². The molecule has 0 radical (unpaired) electrons. The number of hydrogen-bond donors (Lipinski definition) is 0. The molecule has 0 unspecified atom stereocenters. The van der Waals surface area contributed by atoms with Crippen LogP contribution in [0.1, 0.15) is 17.3 Å². The summed E-state index contributed by atoms with van der Waals surface area (Å²) >= 11 is 0. The molecule has 5 heteroatoms. The highest BCUT2D eigenvalue weighted by Gasteiger charge is 2.06. The van der Waals surface area contributed by atoms with Crippen molar-refractivity contribution in [2.24, 2.45) is 0 Å². The fourth-order valence-electron chi connectivity index (χ4n) is 0.673. The van der Waals surface area contributed by atoms with Gasteiger partial charge in [-0.1, -0.05) is 30.3 Å². The van der Waals surface area contributed by atoms with Gasteiger partial charge < -0.3 is 0 Å². The van der Waals surface area contributed by atoms with Gasteiger partial charge in [0.15, 0.2) is 5.78 Å². The van der Waals surface area contributed by atoms with Gasteiger partial charge in [-0.25, -0.2) is 0 Å². The predicted molar refractivity (Wildman–Crippen MR) is 45.5 cm³/mol. The highest BCUT2D eigenvalue weighted by Crippen LogP contribution is 1.97. The standard InChI is InChI=1S/C8H8O.BF3/c1-7(9)8-5-3-2-4-6-8;2-1(3)4/h2-6H,1H3;. The molecule has 1 nitrogen and oxygen atoms in total. The molecule has 0 heterocycles. The van der Waals surface area contributed by atoms with Crippen molar-refractivity contribution in [3.8, 4) is 0 Å². The Morgan fingerprint density at radius 3 is 1.77 bits per heavy atom. The van der Waals surface area contributed by atoms with Crippen molar-refractivity contribution in [1.82, 2.24) is 0 Å². The van der Waals surface area contributed by atoms with Crippen LogP contribution >= 0.6 is 0 Å². The second kappa shape index (κ2) is 6.28. The molecule has 1 aromatic rings. The average molecular weight is 188 g/mol. The monoisotopic (exact) mass is 188 g/mol. The van der Waals surface area contributed by atoms with Crippen molar-refractivity contribution in [2.45, 2.75) is 6.92 Å². The summed E-state index contributed by atoms with van der Waals surface area (Å²) in [6.07, 6.45) is 0. The number of benzene rings is 1. The molecule has 1 aromatic carbocycles. The molecule has 70 valence electrons. The Kier molecular flexibility index (Phi) is 5.68. The van der Waals surface area contributed by atoms with E-state index >= 15 is 0 Å². The van der Waals surface area contributed by atoms with E-state index in [1.807, 2.05) is 30.3 Å². The quantitative estimate of drug-likeness (QED) is 0.489. The van der Waals surface area contributed by atoms with E-state index in [-0.39, 0.29) is 5.78 Å². The first-order valence-corrected chi connectivity index (χ1v) is 3.52. The van der Waals surface area contributed by atoms with E-state index in [1.165, 1.54) is 0 Å². The number of rotatable bonds is 1. The second-order valence-corrected chi connectivity index (χ2v) is 2.17. The highest BCUT2D eigenvalue weighted by atomic mass is 19.4. The first kappa shape index (κ1) is 11.7. The van der Waals surface area contributed by atoms with Gasteiger partial charge in [-0.2, -0.15) is 0 Å². The Hall–Kier alpha value is -1.26. The Bertz CT molecular complexity index is 248. The van der Waals surface area contributed by atoms with Crippen molar-refractivity contribution in [1.29, 1.82) is 0 Å². The Balaban J connectivity index is 0.000000310. The SMILES string of the molecule is CC(=O)c1ccccc1.FB(F)F. The molecular weight excluding hydrogens is 180 g/mol. The van der Waals surface area contributed by atoms with Crippen molar-refractivity contribution in [2.75, 3.05) is 0 Å². The number of carbonyl (C=O) groups is 1. The van der Waals surface area contributed by atoms with Gasteiger partial charge in [0.25, 0.3) is 0 Å². The topological polar surface area (TPSA) is 17.1 Å². The van der Waals surface area contributed by atoms with Crippen LogP contribution in [0, 0.1) is 0 Å². The lowest BCUT2D eigenvalue weighted by Gasteiger charge is -1.89. The first-order chi connectivity index (χ1) is 6.04. The van der Waals surface area contributed by atoms with Crippen LogP contribution in [0.3, 0.4) is 0 Å². The number of ketones is 1. The van der Waals surface area contributed by atoms with Crippen LogP contribution in [0.25, 0.3) is 0 Å². The molecule has 0 saturated carbocycles. The molecular formula is C8H8BF3O. The maximum atomic E-state index is 10.6. The maximum Gasteiger partial charge on any atom is 0.762 e. The molecule has 0 aromatic heterocycles. The molecule has 1 rings (SSSR count). The van der Waals surface area contributed by atoms with E-state index in [1.54, 1.807) is 6.92 Å². The summed E-state index contributed by atoms with van der Waals surface area (Å²) in [7, 11) is -3.67. The third-order valence-electron chi connectivity index (χ3n) is 1.18. The molecule has 0 N–H and O–H groups in total. The van der Waals surface area contributed by atoms with Crippen LogP contribution in [0.4, 0.5) is 12.9 Å². The summed E-state index contributed by atoms with van der Waals surface area (Å²) in [5, 5.41) is 0. The Morgan fingerprint density at radius 2 is 1.54 bits per heavy atom. The fourth-order valence-corrected chi connectivity index (χ4v) is 0.673. The molecule has 0 saturated heterocycles. The fraction of sp³-hybridized carbons (Fsp3) is 0.125. The zero-order valence-electron chi connectivity index (χ0n) is 7.01. The zero-order valence-corrected chi connectivity index (χ0v) is 7.01. The third kappa shape index (κ3) is 7.12. The largest absolute Gasteiger partial charge is 0.762 e. The Morgan fingerprint density at radius 1 is 1.15 bits per heavy atom. The molecule has 0 spiro atoms. The summed E-state index contributed by atoms with van der Waals surface area (Å²) in [6.45, 7) is 1.56. The minimum Gasteiger partial charge on any atom is -0.295 e. The number of carbonyl (C=O) groups excluding carboxylic acids is 1. The van der Waals surface area contributed by atoms with E-state index in [9.17, 15) is 17.7 Å². The van der Waals surface area contributed by atoms with Crippen LogP contribution in [0.15, 0.2) is 30.3 Å². The van der Waals surface area contributed by atoms with Gasteiger partial charge in [0.05, 0.1) is 0 Å². The molecule has 0 atom stereocenters. The minimum absolute atomic E-state index is 0.121. The van der Waals surface area contributed by atoms with Gasteiger partial charge in [-0.05, 0) is 6.92 Å². The van der Waals surface area contributed by atoms with Gasteiger partial charge in [-0.15, -0.1) is 0 Å². The molecule has 0 aliphatic rings. The predicted octanol–water partition coefficient (Wildman–Crippen LogP) is 2.77. The normalized spacial score (nSPS) is 8.31. The maximum absolute atomic E-state index is 10.6. The smallest absolute Gasteiger partial charge is 0.295 e. The molecule has 0 amide bonds. The molecule has 0 bridgehead atoms. The lowest BCUT2D eigenvalue weighted by atomic mass is 10.2.